The van der Waals surface area contributed by atoms with E-state index in [1.165, 1.54) is 9.13 Å². The predicted molar refractivity (Wildman–Crippen MR) is 89.8 cm³/mol. The molecule has 0 aliphatic heterocycles. The van der Waals surface area contributed by atoms with Crippen molar-refractivity contribution >= 4 is 28.7 Å². The summed E-state index contributed by atoms with van der Waals surface area (Å²) in [5.74, 6) is 0. The third-order valence-corrected chi connectivity index (χ3v) is 3.33. The second kappa shape index (κ2) is 7.83. The summed E-state index contributed by atoms with van der Waals surface area (Å²) in [6.07, 6.45) is -0.374. The van der Waals surface area contributed by atoms with Crippen molar-refractivity contribution in [3.05, 3.63) is 33.4 Å². The van der Waals surface area contributed by atoms with Crippen LogP contribution in [0.5, 0.6) is 0 Å². The summed E-state index contributed by atoms with van der Waals surface area (Å²) in [5.41, 5.74) is 0.786. The largest absolute Gasteiger partial charge is 0.444 e. The number of rotatable bonds is 5. The van der Waals surface area contributed by atoms with E-state index in [9.17, 15) is 4.79 Å². The molecule has 0 heterocycles. The van der Waals surface area contributed by atoms with E-state index in [1.54, 1.807) is 0 Å². The fraction of sp³-hybridized carbons (Fsp3) is 0.533. The summed E-state index contributed by atoms with van der Waals surface area (Å²) in [7, 11) is 0. The summed E-state index contributed by atoms with van der Waals surface area (Å²) in [5, 5.41) is 6.09. The van der Waals surface area contributed by atoms with Gasteiger partial charge in [-0.25, -0.2) is 4.79 Å². The van der Waals surface area contributed by atoms with Crippen molar-refractivity contribution in [2.45, 2.75) is 39.3 Å². The second-order valence-corrected chi connectivity index (χ2v) is 6.90. The lowest BCUT2D eigenvalue weighted by Crippen LogP contribution is -2.36. The predicted octanol–water partition coefficient (Wildman–Crippen LogP) is 3.47. The highest BCUT2D eigenvalue weighted by atomic mass is 127. The van der Waals surface area contributed by atoms with Crippen molar-refractivity contribution in [3.63, 3.8) is 0 Å². The van der Waals surface area contributed by atoms with Crippen LogP contribution in [0.4, 0.5) is 4.79 Å². The van der Waals surface area contributed by atoms with E-state index in [0.29, 0.717) is 13.1 Å². The van der Waals surface area contributed by atoms with Crippen molar-refractivity contribution in [1.82, 2.24) is 10.6 Å². The number of nitrogens with one attached hydrogen (secondary N) is 2. The molecule has 4 nitrogen and oxygen atoms in total. The van der Waals surface area contributed by atoms with E-state index < -0.39 is 5.60 Å². The summed E-state index contributed by atoms with van der Waals surface area (Å²) in [6, 6.07) is 8.66. The molecule has 0 saturated carbocycles. The quantitative estimate of drug-likeness (QED) is 0.598. The van der Waals surface area contributed by atoms with Gasteiger partial charge in [0.25, 0.3) is 0 Å². The molecule has 0 saturated heterocycles. The van der Waals surface area contributed by atoms with Gasteiger partial charge in [0.1, 0.15) is 5.60 Å². The topological polar surface area (TPSA) is 50.4 Å². The van der Waals surface area contributed by atoms with E-state index in [0.717, 1.165) is 0 Å². The Labute approximate surface area is 134 Å². The second-order valence-electron chi connectivity index (χ2n) is 5.66. The maximum Gasteiger partial charge on any atom is 0.407 e. The highest BCUT2D eigenvalue weighted by Crippen LogP contribution is 2.14. The molecule has 1 aromatic carbocycles. The smallest absolute Gasteiger partial charge is 0.407 e. The van der Waals surface area contributed by atoms with Crippen LogP contribution in [0.1, 0.15) is 39.3 Å². The fourth-order valence-corrected chi connectivity index (χ4v) is 2.00. The first kappa shape index (κ1) is 17.2. The molecule has 20 heavy (non-hydrogen) atoms. The van der Waals surface area contributed by atoms with Crippen LogP contribution < -0.4 is 10.6 Å². The Kier molecular flexibility index (Phi) is 6.75. The zero-order valence-corrected chi connectivity index (χ0v) is 14.7. The normalized spacial score (nSPS) is 12.8. The van der Waals surface area contributed by atoms with Crippen molar-refractivity contribution in [2.75, 3.05) is 13.1 Å². The van der Waals surface area contributed by atoms with Gasteiger partial charge in [-0.15, -0.1) is 0 Å². The number of hydrogen-bond donors (Lipinski definition) is 2. The van der Waals surface area contributed by atoms with Crippen LogP contribution in [0.2, 0.25) is 0 Å². The summed E-state index contributed by atoms with van der Waals surface area (Å²) >= 11 is 2.29. The molecule has 5 heteroatoms. The molecule has 0 radical (unpaired) electrons. The van der Waals surface area contributed by atoms with Crippen LogP contribution in [0, 0.1) is 3.57 Å². The lowest BCUT2D eigenvalue weighted by Gasteiger charge is -2.20. The molecule has 0 spiro atoms. The Bertz CT molecular complexity index is 426. The first-order chi connectivity index (χ1) is 9.28. The van der Waals surface area contributed by atoms with Crippen molar-refractivity contribution in [3.8, 4) is 0 Å². The van der Waals surface area contributed by atoms with Gasteiger partial charge in [-0.3, -0.25) is 0 Å². The average Bonchev–Trinajstić information content (AvgIpc) is 2.33. The Balaban J connectivity index is 2.24. The maximum atomic E-state index is 11.4. The molecule has 1 rings (SSSR count). The number of hydrogen-bond acceptors (Lipinski definition) is 3. The lowest BCUT2D eigenvalue weighted by molar-refractivity contribution is 0.0528. The molecule has 112 valence electrons. The van der Waals surface area contributed by atoms with Crippen molar-refractivity contribution in [2.24, 2.45) is 0 Å². The van der Waals surface area contributed by atoms with Crippen molar-refractivity contribution in [1.29, 1.82) is 0 Å². The summed E-state index contributed by atoms with van der Waals surface area (Å²) in [4.78, 5) is 11.4. The Hall–Kier alpha value is -0.820. The maximum absolute atomic E-state index is 11.4. The molecule has 0 fully saturated rings. The number of alkyl carbamates (subject to hydrolysis) is 1. The number of halogens is 1. The summed E-state index contributed by atoms with van der Waals surface area (Å²) < 4.78 is 6.39. The Morgan fingerprint density at radius 2 is 1.85 bits per heavy atom. The van der Waals surface area contributed by atoms with Crippen molar-refractivity contribution < 1.29 is 9.53 Å². The number of carbonyl (C=O) groups is 1. The Morgan fingerprint density at radius 3 is 2.40 bits per heavy atom. The molecule has 1 amide bonds. The average molecular weight is 390 g/mol. The summed E-state index contributed by atoms with van der Waals surface area (Å²) in [6.45, 7) is 8.91. The van der Waals surface area contributed by atoms with E-state index in [-0.39, 0.29) is 12.1 Å². The van der Waals surface area contributed by atoms with E-state index >= 15 is 0 Å². The number of ether oxygens (including phenoxy) is 1. The molecule has 0 aliphatic rings. The molecule has 1 atom stereocenters. The van der Waals surface area contributed by atoms with E-state index in [1.807, 2.05) is 20.8 Å². The van der Waals surface area contributed by atoms with Crippen LogP contribution in [0.3, 0.4) is 0 Å². The zero-order chi connectivity index (χ0) is 15.2. The van der Waals surface area contributed by atoms with E-state index in [2.05, 4.69) is 64.4 Å². The van der Waals surface area contributed by atoms with E-state index in [4.69, 9.17) is 4.74 Å². The van der Waals surface area contributed by atoms with Gasteiger partial charge in [0, 0.05) is 22.7 Å². The van der Waals surface area contributed by atoms with Gasteiger partial charge in [-0.2, -0.15) is 0 Å². The molecule has 1 unspecified atom stereocenters. The van der Waals surface area contributed by atoms with Gasteiger partial charge in [0.15, 0.2) is 0 Å². The number of benzene rings is 1. The number of amides is 1. The molecular formula is C15H23IN2O2. The molecular weight excluding hydrogens is 367 g/mol. The van der Waals surface area contributed by atoms with Crippen LogP contribution in [-0.4, -0.2) is 24.8 Å². The lowest BCUT2D eigenvalue weighted by atomic mass is 10.1. The fourth-order valence-electron chi connectivity index (χ4n) is 1.64. The highest BCUT2D eigenvalue weighted by Gasteiger charge is 2.15. The molecule has 1 aromatic rings. The van der Waals surface area contributed by atoms with Crippen LogP contribution in [-0.2, 0) is 4.74 Å². The standard InChI is InChI=1S/C15H23IN2O2/c1-11(12-5-7-13(16)8-6-12)17-9-10-18-14(19)20-15(2,3)4/h5-8,11,17H,9-10H2,1-4H3,(H,18,19). The minimum absolute atomic E-state index is 0.257. The third kappa shape index (κ3) is 7.09. The first-order valence-electron chi connectivity index (χ1n) is 6.73. The van der Waals surface area contributed by atoms with Crippen LogP contribution in [0.15, 0.2) is 24.3 Å². The first-order valence-corrected chi connectivity index (χ1v) is 7.81. The third-order valence-electron chi connectivity index (χ3n) is 2.61. The van der Waals surface area contributed by atoms with Gasteiger partial charge in [0.05, 0.1) is 0 Å². The molecule has 0 bridgehead atoms. The van der Waals surface area contributed by atoms with Gasteiger partial charge < -0.3 is 15.4 Å². The highest BCUT2D eigenvalue weighted by molar-refractivity contribution is 14.1. The molecule has 2 N–H and O–H groups in total. The minimum Gasteiger partial charge on any atom is -0.444 e. The van der Waals surface area contributed by atoms with Gasteiger partial charge in [0.2, 0.25) is 0 Å². The van der Waals surface area contributed by atoms with Crippen LogP contribution in [0.25, 0.3) is 0 Å². The monoisotopic (exact) mass is 390 g/mol. The SMILES string of the molecule is CC(NCCNC(=O)OC(C)(C)C)c1ccc(I)cc1. The number of carbonyl (C=O) groups excluding carboxylic acids is 1. The van der Waals surface area contributed by atoms with Gasteiger partial charge in [-0.05, 0) is 68.0 Å². The minimum atomic E-state index is -0.452. The molecule has 0 aromatic heterocycles. The Morgan fingerprint density at radius 1 is 1.25 bits per heavy atom. The van der Waals surface area contributed by atoms with Crippen LogP contribution >= 0.6 is 22.6 Å². The van der Waals surface area contributed by atoms with Gasteiger partial charge in [-0.1, -0.05) is 12.1 Å². The molecule has 0 aliphatic carbocycles. The van der Waals surface area contributed by atoms with Gasteiger partial charge >= 0.3 is 6.09 Å². The zero-order valence-electron chi connectivity index (χ0n) is 12.5.